The number of anilines is 2. The van der Waals surface area contributed by atoms with Crippen LogP contribution in [-0.4, -0.2) is 24.5 Å². The molecule has 5 nitrogen and oxygen atoms in total. The summed E-state index contributed by atoms with van der Waals surface area (Å²) in [5, 5.41) is 5.87. The maximum atomic E-state index is 12.4. The van der Waals surface area contributed by atoms with Gasteiger partial charge in [0.1, 0.15) is 0 Å². The highest BCUT2D eigenvalue weighted by Gasteiger charge is 2.24. The van der Waals surface area contributed by atoms with Crippen LogP contribution in [0.1, 0.15) is 31.7 Å². The van der Waals surface area contributed by atoms with Crippen molar-refractivity contribution in [2.75, 3.05) is 16.8 Å². The van der Waals surface area contributed by atoms with E-state index in [4.69, 9.17) is 0 Å². The van der Waals surface area contributed by atoms with Crippen LogP contribution in [0.2, 0.25) is 0 Å². The number of carbonyl (C=O) groups is 2. The van der Waals surface area contributed by atoms with Crippen LogP contribution in [-0.2, 0) is 11.2 Å². The molecule has 0 aromatic heterocycles. The summed E-state index contributed by atoms with van der Waals surface area (Å²) >= 11 is 0. The van der Waals surface area contributed by atoms with Gasteiger partial charge in [-0.05, 0) is 43.9 Å². The second kappa shape index (κ2) is 8.52. The summed E-state index contributed by atoms with van der Waals surface area (Å²) < 4.78 is 0. The Kier molecular flexibility index (Phi) is 5.89. The SMILES string of the molecule is CC(CCc1ccccc1)NC(=O)Nc1ccccc1N1CCCC1=O. The molecule has 0 aliphatic carbocycles. The van der Waals surface area contributed by atoms with Gasteiger partial charge in [-0.3, -0.25) is 4.79 Å². The highest BCUT2D eigenvalue weighted by Crippen LogP contribution is 2.29. The van der Waals surface area contributed by atoms with Crippen molar-refractivity contribution in [1.29, 1.82) is 0 Å². The molecule has 0 spiro atoms. The Bertz CT molecular complexity index is 761. The highest BCUT2D eigenvalue weighted by atomic mass is 16.2. The van der Waals surface area contributed by atoms with E-state index in [1.54, 1.807) is 4.90 Å². The topological polar surface area (TPSA) is 61.4 Å². The van der Waals surface area contributed by atoms with Gasteiger partial charge >= 0.3 is 6.03 Å². The number of urea groups is 1. The van der Waals surface area contributed by atoms with E-state index in [0.29, 0.717) is 18.7 Å². The molecule has 3 rings (SSSR count). The molecule has 1 unspecified atom stereocenters. The average Bonchev–Trinajstić information content (AvgIpc) is 3.07. The molecular weight excluding hydrogens is 326 g/mol. The standard InChI is InChI=1S/C21H25N3O2/c1-16(13-14-17-8-3-2-4-9-17)22-21(26)23-18-10-5-6-11-19(18)24-15-7-12-20(24)25/h2-6,8-11,16H,7,12-15H2,1H3,(H2,22,23,26). The minimum atomic E-state index is -0.246. The Labute approximate surface area is 154 Å². The zero-order valence-corrected chi connectivity index (χ0v) is 15.1. The minimum absolute atomic E-state index is 0.0517. The van der Waals surface area contributed by atoms with Crippen LogP contribution in [0.3, 0.4) is 0 Å². The Morgan fingerprint density at radius 3 is 2.58 bits per heavy atom. The lowest BCUT2D eigenvalue weighted by atomic mass is 10.1. The third-order valence-corrected chi connectivity index (χ3v) is 4.60. The lowest BCUT2D eigenvalue weighted by Crippen LogP contribution is -2.37. The summed E-state index contributed by atoms with van der Waals surface area (Å²) in [6, 6.07) is 17.5. The summed E-state index contributed by atoms with van der Waals surface area (Å²) in [4.78, 5) is 26.1. The van der Waals surface area contributed by atoms with Crippen molar-refractivity contribution >= 4 is 23.3 Å². The minimum Gasteiger partial charge on any atom is -0.335 e. The predicted molar refractivity (Wildman–Crippen MR) is 104 cm³/mol. The van der Waals surface area contributed by atoms with Crippen LogP contribution in [0.4, 0.5) is 16.2 Å². The lowest BCUT2D eigenvalue weighted by molar-refractivity contribution is -0.117. The van der Waals surface area contributed by atoms with Gasteiger partial charge in [0.2, 0.25) is 5.91 Å². The molecular formula is C21H25N3O2. The van der Waals surface area contributed by atoms with Crippen molar-refractivity contribution in [2.24, 2.45) is 0 Å². The van der Waals surface area contributed by atoms with Crippen LogP contribution >= 0.6 is 0 Å². The number of nitrogens with one attached hydrogen (secondary N) is 2. The fourth-order valence-corrected chi connectivity index (χ4v) is 3.20. The number of rotatable bonds is 6. The Hall–Kier alpha value is -2.82. The number of hydrogen-bond acceptors (Lipinski definition) is 2. The molecule has 1 aliphatic heterocycles. The summed E-state index contributed by atoms with van der Waals surface area (Å²) in [6.07, 6.45) is 3.21. The van der Waals surface area contributed by atoms with Crippen molar-refractivity contribution in [3.8, 4) is 0 Å². The van der Waals surface area contributed by atoms with E-state index in [2.05, 4.69) is 22.8 Å². The van der Waals surface area contributed by atoms with E-state index in [-0.39, 0.29) is 18.0 Å². The molecule has 26 heavy (non-hydrogen) atoms. The second-order valence-corrected chi connectivity index (χ2v) is 6.69. The average molecular weight is 351 g/mol. The summed E-state index contributed by atoms with van der Waals surface area (Å²) in [6.45, 7) is 2.70. The normalized spacial score (nSPS) is 15.0. The molecule has 2 aromatic rings. The van der Waals surface area contributed by atoms with E-state index in [9.17, 15) is 9.59 Å². The van der Waals surface area contributed by atoms with Crippen molar-refractivity contribution in [1.82, 2.24) is 5.32 Å². The van der Waals surface area contributed by atoms with Crippen molar-refractivity contribution < 1.29 is 9.59 Å². The maximum absolute atomic E-state index is 12.4. The Balaban J connectivity index is 1.55. The summed E-state index contributed by atoms with van der Waals surface area (Å²) in [7, 11) is 0. The number of amides is 3. The molecule has 136 valence electrons. The summed E-state index contributed by atoms with van der Waals surface area (Å²) in [5.74, 6) is 0.107. The molecule has 1 heterocycles. The molecule has 1 atom stereocenters. The number of para-hydroxylation sites is 2. The first kappa shape index (κ1) is 18.0. The first-order chi connectivity index (χ1) is 12.6. The van der Waals surface area contributed by atoms with Gasteiger partial charge in [0.05, 0.1) is 11.4 Å². The molecule has 0 bridgehead atoms. The third kappa shape index (κ3) is 4.63. The van der Waals surface area contributed by atoms with Gasteiger partial charge in [-0.2, -0.15) is 0 Å². The van der Waals surface area contributed by atoms with Crippen molar-refractivity contribution in [2.45, 2.75) is 38.6 Å². The van der Waals surface area contributed by atoms with Gasteiger partial charge in [-0.25, -0.2) is 4.79 Å². The molecule has 1 aliphatic rings. The van der Waals surface area contributed by atoms with E-state index in [1.165, 1.54) is 5.56 Å². The van der Waals surface area contributed by atoms with Gasteiger partial charge in [-0.1, -0.05) is 42.5 Å². The fraction of sp³-hybridized carbons (Fsp3) is 0.333. The lowest BCUT2D eigenvalue weighted by Gasteiger charge is -2.21. The van der Waals surface area contributed by atoms with Gasteiger partial charge in [0.25, 0.3) is 0 Å². The van der Waals surface area contributed by atoms with Gasteiger partial charge in [0, 0.05) is 19.0 Å². The summed E-state index contributed by atoms with van der Waals surface area (Å²) in [5.41, 5.74) is 2.69. The Morgan fingerprint density at radius 2 is 1.85 bits per heavy atom. The smallest absolute Gasteiger partial charge is 0.319 e. The van der Waals surface area contributed by atoms with Gasteiger partial charge < -0.3 is 15.5 Å². The maximum Gasteiger partial charge on any atom is 0.319 e. The van der Waals surface area contributed by atoms with Crippen LogP contribution in [0.25, 0.3) is 0 Å². The molecule has 0 saturated carbocycles. The quantitative estimate of drug-likeness (QED) is 0.827. The highest BCUT2D eigenvalue weighted by molar-refractivity contribution is 6.01. The number of nitrogens with zero attached hydrogens (tertiary/aromatic N) is 1. The number of benzene rings is 2. The molecule has 1 saturated heterocycles. The van der Waals surface area contributed by atoms with Crippen LogP contribution in [0.15, 0.2) is 54.6 Å². The van der Waals surface area contributed by atoms with Gasteiger partial charge in [0.15, 0.2) is 0 Å². The fourth-order valence-electron chi connectivity index (χ4n) is 3.20. The molecule has 5 heteroatoms. The monoisotopic (exact) mass is 351 g/mol. The first-order valence-electron chi connectivity index (χ1n) is 9.14. The first-order valence-corrected chi connectivity index (χ1v) is 9.14. The van der Waals surface area contributed by atoms with E-state index >= 15 is 0 Å². The molecule has 1 fully saturated rings. The van der Waals surface area contributed by atoms with Crippen molar-refractivity contribution in [3.05, 3.63) is 60.2 Å². The molecule has 0 radical (unpaired) electrons. The zero-order valence-electron chi connectivity index (χ0n) is 15.1. The number of hydrogen-bond donors (Lipinski definition) is 2. The largest absolute Gasteiger partial charge is 0.335 e. The van der Waals surface area contributed by atoms with E-state index in [0.717, 1.165) is 24.9 Å². The van der Waals surface area contributed by atoms with E-state index < -0.39 is 0 Å². The van der Waals surface area contributed by atoms with E-state index in [1.807, 2.05) is 49.4 Å². The van der Waals surface area contributed by atoms with Crippen LogP contribution in [0.5, 0.6) is 0 Å². The molecule has 3 amide bonds. The number of carbonyl (C=O) groups excluding carboxylic acids is 2. The molecule has 2 aromatic carbocycles. The van der Waals surface area contributed by atoms with Crippen LogP contribution in [0, 0.1) is 0 Å². The Morgan fingerprint density at radius 1 is 1.12 bits per heavy atom. The van der Waals surface area contributed by atoms with Crippen LogP contribution < -0.4 is 15.5 Å². The molecule has 2 N–H and O–H groups in total. The second-order valence-electron chi connectivity index (χ2n) is 6.69. The van der Waals surface area contributed by atoms with Crippen molar-refractivity contribution in [3.63, 3.8) is 0 Å². The number of aryl methyl sites for hydroxylation is 1. The zero-order chi connectivity index (χ0) is 18.4. The third-order valence-electron chi connectivity index (χ3n) is 4.60. The van der Waals surface area contributed by atoms with Gasteiger partial charge in [-0.15, -0.1) is 0 Å². The predicted octanol–water partition coefficient (Wildman–Crippen LogP) is 3.96.